The van der Waals surface area contributed by atoms with Crippen LogP contribution in [0.25, 0.3) is 5.69 Å². The third-order valence-electron chi connectivity index (χ3n) is 5.66. The van der Waals surface area contributed by atoms with Gasteiger partial charge in [-0.15, -0.1) is 0 Å². The van der Waals surface area contributed by atoms with Crippen molar-refractivity contribution in [1.82, 2.24) is 9.78 Å². The first-order valence-corrected chi connectivity index (χ1v) is 12.3. The molecule has 0 atom stereocenters. The predicted octanol–water partition coefficient (Wildman–Crippen LogP) is 5.21. The lowest BCUT2D eigenvalue weighted by Crippen LogP contribution is -2.27. The molecule has 0 spiro atoms. The molecule has 3 aromatic rings. The molecule has 1 saturated heterocycles. The van der Waals surface area contributed by atoms with Gasteiger partial charge in [-0.2, -0.15) is 9.78 Å². The van der Waals surface area contributed by atoms with E-state index in [0.29, 0.717) is 21.6 Å². The first-order valence-electron chi connectivity index (χ1n) is 12.3. The van der Waals surface area contributed by atoms with Crippen molar-refractivity contribution in [2.45, 2.75) is 46.6 Å². The molecular weight excluding hydrogens is 478 g/mol. The van der Waals surface area contributed by atoms with E-state index in [0.717, 1.165) is 49.8 Å². The normalized spacial score (nSPS) is 12.7. The van der Waals surface area contributed by atoms with E-state index in [1.807, 2.05) is 27.7 Å². The second-order valence-electron chi connectivity index (χ2n) is 8.55. The molecular formula is C27H32F2N6O2. The Labute approximate surface area is 214 Å². The Morgan fingerprint density at radius 3 is 2.22 bits per heavy atom. The monoisotopic (exact) mass is 510 g/mol. The maximum absolute atomic E-state index is 14.3. The highest BCUT2D eigenvalue weighted by Gasteiger charge is 2.23. The average molecular weight is 511 g/mol. The summed E-state index contributed by atoms with van der Waals surface area (Å²) in [6, 6.07) is 9.11. The maximum atomic E-state index is 14.3. The number of hydrogen-bond acceptors (Lipinski definition) is 6. The zero-order valence-electron chi connectivity index (χ0n) is 21.4. The Hall–Kier alpha value is -4.08. The fourth-order valence-corrected chi connectivity index (χ4v) is 4.14. The summed E-state index contributed by atoms with van der Waals surface area (Å²) in [7, 11) is 0. The Morgan fingerprint density at radius 1 is 1.00 bits per heavy atom. The van der Waals surface area contributed by atoms with Crippen LogP contribution in [0.1, 0.15) is 56.6 Å². The highest BCUT2D eigenvalue weighted by Crippen LogP contribution is 2.37. The van der Waals surface area contributed by atoms with Crippen LogP contribution in [0.4, 0.5) is 25.8 Å². The summed E-state index contributed by atoms with van der Waals surface area (Å²) in [5, 5.41) is 18.1. The Morgan fingerprint density at radius 2 is 1.62 bits per heavy atom. The number of aromatic nitrogens is 2. The van der Waals surface area contributed by atoms with Gasteiger partial charge in [0.25, 0.3) is 11.5 Å². The molecule has 1 aliphatic rings. The van der Waals surface area contributed by atoms with E-state index in [-0.39, 0.29) is 11.7 Å². The zero-order chi connectivity index (χ0) is 27.1. The third-order valence-corrected chi connectivity index (χ3v) is 5.66. The number of carbonyl (C=O) groups is 1. The first-order chi connectivity index (χ1) is 17.8. The summed E-state index contributed by atoms with van der Waals surface area (Å²) in [6.45, 7) is 9.56. The molecule has 0 radical (unpaired) electrons. The molecule has 0 bridgehead atoms. The van der Waals surface area contributed by atoms with Gasteiger partial charge in [-0.05, 0) is 57.0 Å². The van der Waals surface area contributed by atoms with Crippen LogP contribution in [-0.4, -0.2) is 41.0 Å². The molecule has 1 fully saturated rings. The quantitative estimate of drug-likeness (QED) is 0.379. The number of rotatable bonds is 7. The number of carbonyl (C=O) groups excluding carboxylic acids is 1. The molecule has 0 unspecified atom stereocenters. The van der Waals surface area contributed by atoms with E-state index in [9.17, 15) is 18.4 Å². The number of hydrogen-bond donors (Lipinski definition) is 3. The average Bonchev–Trinajstić information content (AvgIpc) is 3.41. The predicted molar refractivity (Wildman–Crippen MR) is 144 cm³/mol. The summed E-state index contributed by atoms with van der Waals surface area (Å²) in [6.07, 6.45) is 3.24. The van der Waals surface area contributed by atoms with Crippen molar-refractivity contribution in [3.8, 4) is 5.69 Å². The summed E-state index contributed by atoms with van der Waals surface area (Å²) in [4.78, 5) is 27.5. The van der Waals surface area contributed by atoms with Crippen LogP contribution < -0.4 is 21.1 Å². The molecule has 0 saturated carbocycles. The number of para-hydroxylation sites is 1. The Kier molecular flexibility index (Phi) is 9.10. The smallest absolute Gasteiger partial charge is 0.276 e. The molecule has 2 heterocycles. The van der Waals surface area contributed by atoms with Crippen molar-refractivity contribution in [2.75, 3.05) is 28.6 Å². The van der Waals surface area contributed by atoms with Gasteiger partial charge in [0, 0.05) is 42.7 Å². The van der Waals surface area contributed by atoms with Crippen LogP contribution in [0.2, 0.25) is 0 Å². The van der Waals surface area contributed by atoms with Crippen molar-refractivity contribution in [2.24, 2.45) is 0 Å². The fraction of sp³-hybridized carbons (Fsp3) is 0.333. The van der Waals surface area contributed by atoms with Crippen molar-refractivity contribution < 1.29 is 13.6 Å². The number of nitrogens with one attached hydrogen (secondary N) is 3. The topological polar surface area (TPSA) is 103 Å². The van der Waals surface area contributed by atoms with Crippen molar-refractivity contribution in [3.63, 3.8) is 0 Å². The number of halogens is 2. The minimum absolute atomic E-state index is 0.143. The summed E-state index contributed by atoms with van der Waals surface area (Å²) < 4.78 is 29.1. The largest absolute Gasteiger partial charge is 0.382 e. The van der Waals surface area contributed by atoms with Crippen LogP contribution in [0.3, 0.4) is 0 Å². The SMILES string of the molecule is CC.CC(C)Nc1ccc(NC(=O)c2ccc(=O)n(-c3c(F)cccc3F)n2)c(N2CCCC2)c1C=N. The van der Waals surface area contributed by atoms with Crippen molar-refractivity contribution >= 4 is 29.2 Å². The highest BCUT2D eigenvalue weighted by atomic mass is 19.1. The van der Waals surface area contributed by atoms with E-state index in [1.54, 1.807) is 12.1 Å². The Balaban J connectivity index is 0.00000186. The lowest BCUT2D eigenvalue weighted by Gasteiger charge is -2.26. The molecule has 0 aliphatic carbocycles. The van der Waals surface area contributed by atoms with E-state index in [4.69, 9.17) is 5.41 Å². The molecule has 2 aromatic carbocycles. The van der Waals surface area contributed by atoms with E-state index >= 15 is 0 Å². The first kappa shape index (κ1) is 27.5. The molecule has 1 aliphatic heterocycles. The fourth-order valence-electron chi connectivity index (χ4n) is 4.14. The molecule has 10 heteroatoms. The second kappa shape index (κ2) is 12.2. The summed E-state index contributed by atoms with van der Waals surface area (Å²) in [5.74, 6) is -2.61. The molecule has 3 N–H and O–H groups in total. The minimum atomic E-state index is -0.975. The van der Waals surface area contributed by atoms with Gasteiger partial charge in [-0.1, -0.05) is 19.9 Å². The number of nitrogens with zero attached hydrogens (tertiary/aromatic N) is 3. The van der Waals surface area contributed by atoms with Crippen LogP contribution >= 0.6 is 0 Å². The van der Waals surface area contributed by atoms with Gasteiger partial charge in [-0.25, -0.2) is 8.78 Å². The number of amides is 1. The van der Waals surface area contributed by atoms with Crippen molar-refractivity contribution in [3.05, 3.63) is 75.7 Å². The van der Waals surface area contributed by atoms with Crippen LogP contribution in [0.15, 0.2) is 47.3 Å². The summed E-state index contributed by atoms with van der Waals surface area (Å²) in [5.41, 5.74) is 0.978. The van der Waals surface area contributed by atoms with Gasteiger partial charge in [-0.3, -0.25) is 9.59 Å². The minimum Gasteiger partial charge on any atom is -0.382 e. The standard InChI is InChI=1S/C25H26F2N6O2.C2H6/c1-15(2)29-19-8-9-20(23(16(19)14-28)32-12-3-4-13-32)30-25(35)21-10-11-22(34)33(31-21)24-17(26)6-5-7-18(24)27;1-2/h5-11,14-15,28-29H,3-4,12-13H2,1-2H3,(H,30,35);1-2H3. The lowest BCUT2D eigenvalue weighted by atomic mass is 10.1. The van der Waals surface area contributed by atoms with E-state index < -0.39 is 28.8 Å². The van der Waals surface area contributed by atoms with Gasteiger partial charge in [0.05, 0.1) is 11.4 Å². The van der Waals surface area contributed by atoms with Gasteiger partial charge in [0.2, 0.25) is 0 Å². The van der Waals surface area contributed by atoms with E-state index in [2.05, 4.69) is 20.6 Å². The molecule has 4 rings (SSSR count). The van der Waals surface area contributed by atoms with Crippen LogP contribution in [0.5, 0.6) is 0 Å². The lowest BCUT2D eigenvalue weighted by molar-refractivity contribution is 0.102. The molecule has 1 amide bonds. The molecule has 196 valence electrons. The van der Waals surface area contributed by atoms with Crippen LogP contribution in [0, 0.1) is 17.0 Å². The molecule has 37 heavy (non-hydrogen) atoms. The Bertz CT molecular complexity index is 1310. The van der Waals surface area contributed by atoms with Crippen LogP contribution in [-0.2, 0) is 0 Å². The highest BCUT2D eigenvalue weighted by molar-refractivity contribution is 6.08. The van der Waals surface area contributed by atoms with Gasteiger partial charge in [0.1, 0.15) is 11.4 Å². The number of anilines is 3. The number of benzene rings is 2. The second-order valence-corrected chi connectivity index (χ2v) is 8.55. The van der Waals surface area contributed by atoms with E-state index in [1.165, 1.54) is 18.3 Å². The summed E-state index contributed by atoms with van der Waals surface area (Å²) >= 11 is 0. The molecule has 8 nitrogen and oxygen atoms in total. The maximum Gasteiger partial charge on any atom is 0.276 e. The van der Waals surface area contributed by atoms with Gasteiger partial charge in [0.15, 0.2) is 11.6 Å². The van der Waals surface area contributed by atoms with Gasteiger partial charge >= 0.3 is 0 Å². The van der Waals surface area contributed by atoms with Gasteiger partial charge < -0.3 is 20.9 Å². The van der Waals surface area contributed by atoms with Crippen molar-refractivity contribution in [1.29, 1.82) is 5.41 Å². The molecule has 1 aromatic heterocycles. The third kappa shape index (κ3) is 6.02. The zero-order valence-corrected chi connectivity index (χ0v) is 21.4.